The van der Waals surface area contributed by atoms with Gasteiger partial charge in [-0.2, -0.15) is 4.99 Å². The van der Waals surface area contributed by atoms with Gasteiger partial charge in [-0.15, -0.1) is 0 Å². The summed E-state index contributed by atoms with van der Waals surface area (Å²) in [5.74, 6) is -0.510. The van der Waals surface area contributed by atoms with Crippen LogP contribution < -0.4 is 9.54 Å². The Balaban J connectivity index is 1.82. The summed E-state index contributed by atoms with van der Waals surface area (Å²) < 4.78 is 21.5. The quantitative estimate of drug-likeness (QED) is 0.679. The maximum absolute atomic E-state index is 13.9. The van der Waals surface area contributed by atoms with Gasteiger partial charge in [-0.25, -0.2) is 4.39 Å². The number of amides is 1. The van der Waals surface area contributed by atoms with Crippen molar-refractivity contribution in [1.82, 2.24) is 4.57 Å². The van der Waals surface area contributed by atoms with Gasteiger partial charge in [0, 0.05) is 12.1 Å². The van der Waals surface area contributed by atoms with Crippen LogP contribution in [0.3, 0.4) is 0 Å². The van der Waals surface area contributed by atoms with Crippen molar-refractivity contribution in [3.05, 3.63) is 57.1 Å². The van der Waals surface area contributed by atoms with Gasteiger partial charge in [0.15, 0.2) is 11.4 Å². The van der Waals surface area contributed by atoms with Gasteiger partial charge in [0.25, 0.3) is 5.91 Å². The van der Waals surface area contributed by atoms with Gasteiger partial charge in [0.1, 0.15) is 11.6 Å². The number of aryl methyl sites for hydroxylation is 1. The van der Waals surface area contributed by atoms with Crippen molar-refractivity contribution in [2.45, 2.75) is 0 Å². The standard InChI is InChI=1S/C16H11Cl2FN2O2S/c1-21-15-11(19)3-2-4-13(15)24-16(21)20-14(22)8-23-12-6-5-9(17)7-10(12)18/h2-7H,8H2,1H3. The average Bonchev–Trinajstić information content (AvgIpc) is 2.84. The number of nitrogens with zero attached hydrogens (tertiary/aromatic N) is 2. The van der Waals surface area contributed by atoms with Crippen LogP contribution in [0, 0.1) is 5.82 Å². The van der Waals surface area contributed by atoms with E-state index in [0.29, 0.717) is 30.8 Å². The van der Waals surface area contributed by atoms with Crippen LogP contribution in [0.2, 0.25) is 10.0 Å². The van der Waals surface area contributed by atoms with Crippen molar-refractivity contribution >= 4 is 50.7 Å². The number of aromatic nitrogens is 1. The third-order valence-corrected chi connectivity index (χ3v) is 4.87. The third-order valence-electron chi connectivity index (χ3n) is 3.24. The van der Waals surface area contributed by atoms with Crippen molar-refractivity contribution in [1.29, 1.82) is 0 Å². The Kier molecular flexibility index (Phi) is 4.89. The fourth-order valence-corrected chi connectivity index (χ4v) is 3.65. The van der Waals surface area contributed by atoms with E-state index >= 15 is 0 Å². The molecule has 0 aliphatic rings. The molecule has 0 radical (unpaired) electrons. The second-order valence-electron chi connectivity index (χ2n) is 4.90. The summed E-state index contributed by atoms with van der Waals surface area (Å²) in [6, 6.07) is 9.47. The lowest BCUT2D eigenvalue weighted by atomic mass is 10.3. The number of halogens is 3. The molecule has 0 aliphatic carbocycles. The first-order valence-corrected chi connectivity index (χ1v) is 8.42. The highest BCUT2D eigenvalue weighted by molar-refractivity contribution is 7.16. The molecule has 1 heterocycles. The smallest absolute Gasteiger partial charge is 0.286 e. The largest absolute Gasteiger partial charge is 0.482 e. The van der Waals surface area contributed by atoms with Crippen molar-refractivity contribution in [2.75, 3.05) is 6.61 Å². The van der Waals surface area contributed by atoms with E-state index in [1.54, 1.807) is 35.9 Å². The highest BCUT2D eigenvalue weighted by atomic mass is 35.5. The first-order valence-electron chi connectivity index (χ1n) is 6.85. The fourth-order valence-electron chi connectivity index (χ4n) is 2.13. The summed E-state index contributed by atoms with van der Waals surface area (Å²) >= 11 is 13.0. The van der Waals surface area contributed by atoms with E-state index in [4.69, 9.17) is 27.9 Å². The number of ether oxygens (including phenoxy) is 1. The van der Waals surface area contributed by atoms with E-state index in [1.807, 2.05) is 0 Å². The fraction of sp³-hybridized carbons (Fsp3) is 0.125. The molecule has 0 fully saturated rings. The van der Waals surface area contributed by atoms with Crippen molar-refractivity contribution in [2.24, 2.45) is 12.0 Å². The molecular formula is C16H11Cl2FN2O2S. The number of rotatable bonds is 3. The van der Waals surface area contributed by atoms with Crippen LogP contribution in [-0.4, -0.2) is 17.1 Å². The predicted molar refractivity (Wildman–Crippen MR) is 93.3 cm³/mol. The van der Waals surface area contributed by atoms with E-state index in [2.05, 4.69) is 4.99 Å². The number of carbonyl (C=O) groups excluding carboxylic acids is 1. The molecule has 0 saturated heterocycles. The average molecular weight is 385 g/mol. The normalized spacial score (nSPS) is 11.9. The lowest BCUT2D eigenvalue weighted by Crippen LogP contribution is -2.17. The first kappa shape index (κ1) is 17.0. The van der Waals surface area contributed by atoms with E-state index in [1.165, 1.54) is 23.5 Å². The molecule has 0 N–H and O–H groups in total. The summed E-state index contributed by atoms with van der Waals surface area (Å²) in [7, 11) is 1.66. The summed E-state index contributed by atoms with van der Waals surface area (Å²) in [5, 5.41) is 0.785. The zero-order chi connectivity index (χ0) is 17.3. The monoisotopic (exact) mass is 384 g/mol. The van der Waals surface area contributed by atoms with Gasteiger partial charge in [-0.1, -0.05) is 40.6 Å². The van der Waals surface area contributed by atoms with Crippen LogP contribution in [0.5, 0.6) is 5.75 Å². The highest BCUT2D eigenvalue weighted by Gasteiger charge is 2.10. The second-order valence-corrected chi connectivity index (χ2v) is 6.75. The van der Waals surface area contributed by atoms with E-state index in [9.17, 15) is 9.18 Å². The Labute approximate surface area is 150 Å². The maximum atomic E-state index is 13.9. The molecule has 1 amide bonds. The lowest BCUT2D eigenvalue weighted by molar-refractivity contribution is -0.120. The van der Waals surface area contributed by atoms with Gasteiger partial charge in [-0.3, -0.25) is 4.79 Å². The number of carbonyl (C=O) groups is 1. The molecule has 8 heteroatoms. The van der Waals surface area contributed by atoms with Crippen molar-refractivity contribution in [3.8, 4) is 5.75 Å². The molecule has 2 aromatic carbocycles. The van der Waals surface area contributed by atoms with Gasteiger partial charge in [0.2, 0.25) is 0 Å². The van der Waals surface area contributed by atoms with E-state index in [0.717, 1.165) is 0 Å². The van der Waals surface area contributed by atoms with Crippen LogP contribution >= 0.6 is 34.5 Å². The summed E-state index contributed by atoms with van der Waals surface area (Å²) in [6.45, 7) is -0.280. The molecular weight excluding hydrogens is 374 g/mol. The predicted octanol–water partition coefficient (Wildman–Crippen LogP) is 4.19. The van der Waals surface area contributed by atoms with Gasteiger partial charge in [-0.05, 0) is 30.3 Å². The van der Waals surface area contributed by atoms with Gasteiger partial charge < -0.3 is 9.30 Å². The molecule has 124 valence electrons. The lowest BCUT2D eigenvalue weighted by Gasteiger charge is -2.05. The van der Waals surface area contributed by atoms with Crippen LogP contribution in [0.25, 0.3) is 10.2 Å². The highest BCUT2D eigenvalue weighted by Crippen LogP contribution is 2.27. The first-order chi connectivity index (χ1) is 11.5. The van der Waals surface area contributed by atoms with Crippen LogP contribution in [0.15, 0.2) is 41.4 Å². The Morgan fingerprint density at radius 2 is 2.12 bits per heavy atom. The number of hydrogen-bond donors (Lipinski definition) is 0. The topological polar surface area (TPSA) is 43.6 Å². The molecule has 0 atom stereocenters. The number of benzene rings is 2. The van der Waals surface area contributed by atoms with Crippen molar-refractivity contribution < 1.29 is 13.9 Å². The minimum Gasteiger partial charge on any atom is -0.482 e. The number of fused-ring (bicyclic) bond motifs is 1. The minimum absolute atomic E-state index is 0.280. The Hall–Kier alpha value is -1.89. The van der Waals surface area contributed by atoms with Crippen molar-refractivity contribution in [3.63, 3.8) is 0 Å². The van der Waals surface area contributed by atoms with E-state index in [-0.39, 0.29) is 12.4 Å². The summed E-state index contributed by atoms with van der Waals surface area (Å²) in [5.41, 5.74) is 0.413. The molecule has 3 aromatic rings. The summed E-state index contributed by atoms with van der Waals surface area (Å²) in [4.78, 5) is 16.4. The third kappa shape index (κ3) is 3.45. The molecule has 3 rings (SSSR count). The molecule has 0 bridgehead atoms. The molecule has 24 heavy (non-hydrogen) atoms. The van der Waals surface area contributed by atoms with Gasteiger partial charge >= 0.3 is 0 Å². The summed E-state index contributed by atoms with van der Waals surface area (Å²) in [6.07, 6.45) is 0. The van der Waals surface area contributed by atoms with Crippen LogP contribution in [0.1, 0.15) is 0 Å². The Morgan fingerprint density at radius 3 is 2.83 bits per heavy atom. The maximum Gasteiger partial charge on any atom is 0.286 e. The molecule has 0 saturated carbocycles. The molecule has 0 spiro atoms. The Bertz CT molecular complexity index is 997. The number of thiazole rings is 1. The molecule has 4 nitrogen and oxygen atoms in total. The van der Waals surface area contributed by atoms with Crippen LogP contribution in [0.4, 0.5) is 4.39 Å². The molecule has 0 unspecified atom stereocenters. The Morgan fingerprint density at radius 1 is 1.33 bits per heavy atom. The molecule has 1 aromatic heterocycles. The number of para-hydroxylation sites is 1. The minimum atomic E-state index is -0.497. The van der Waals surface area contributed by atoms with Gasteiger partial charge in [0.05, 0.1) is 15.2 Å². The molecule has 0 aliphatic heterocycles. The second kappa shape index (κ2) is 6.93. The SMILES string of the molecule is Cn1c(=NC(=O)COc2ccc(Cl)cc2Cl)sc2cccc(F)c21. The number of hydrogen-bond acceptors (Lipinski definition) is 3. The zero-order valence-corrected chi connectivity index (χ0v) is 14.8. The zero-order valence-electron chi connectivity index (χ0n) is 12.4. The van der Waals surface area contributed by atoms with Crippen LogP contribution in [-0.2, 0) is 11.8 Å². The van der Waals surface area contributed by atoms with E-state index < -0.39 is 5.91 Å².